The van der Waals surface area contributed by atoms with Crippen LogP contribution in [0.2, 0.25) is 0 Å². The molecule has 6 rings (SSSR count). The number of ether oxygens (including phenoxy) is 1. The number of hydrogen-bond donors (Lipinski definition) is 1. The zero-order valence-electron chi connectivity index (χ0n) is 19.7. The number of aromatic nitrogens is 1. The van der Waals surface area contributed by atoms with Crippen LogP contribution in [0.25, 0.3) is 16.0 Å². The molecule has 1 atom stereocenters. The predicted molar refractivity (Wildman–Crippen MR) is 144 cm³/mol. The summed E-state index contributed by atoms with van der Waals surface area (Å²) in [5, 5.41) is 11.5. The number of benzene rings is 4. The Hall–Kier alpha value is -4.82. The van der Waals surface area contributed by atoms with Crippen molar-refractivity contribution in [1.29, 1.82) is 0 Å². The third-order valence-electron chi connectivity index (χ3n) is 6.19. The fourth-order valence-corrected chi connectivity index (χ4v) is 5.48. The summed E-state index contributed by atoms with van der Waals surface area (Å²) in [5.41, 5.74) is 1.37. The third-order valence-corrected chi connectivity index (χ3v) is 7.21. The Morgan fingerprint density at radius 1 is 0.868 bits per heavy atom. The molecule has 1 fully saturated rings. The topological polar surface area (TPSA) is 79.7 Å². The minimum absolute atomic E-state index is 0.0662. The average Bonchev–Trinajstić information content (AvgIpc) is 3.47. The molecule has 1 aliphatic rings. The minimum Gasteiger partial charge on any atom is -0.507 e. The molecule has 1 aliphatic heterocycles. The molecule has 0 aliphatic carbocycles. The van der Waals surface area contributed by atoms with E-state index in [1.807, 2.05) is 30.3 Å². The average molecular weight is 523 g/mol. The molecule has 1 aromatic heterocycles. The number of aliphatic hydroxyl groups excluding tert-OH is 1. The van der Waals surface area contributed by atoms with Crippen LogP contribution in [0.5, 0.6) is 11.5 Å². The minimum atomic E-state index is -0.986. The maximum Gasteiger partial charge on any atom is 0.301 e. The lowest BCUT2D eigenvalue weighted by molar-refractivity contribution is -0.132. The monoisotopic (exact) mass is 522 g/mol. The van der Waals surface area contributed by atoms with Crippen LogP contribution in [0.3, 0.4) is 0 Å². The molecule has 0 spiro atoms. The summed E-state index contributed by atoms with van der Waals surface area (Å²) in [6, 6.07) is 27.9. The molecule has 1 saturated heterocycles. The Balaban J connectivity index is 1.52. The molecule has 8 heteroatoms. The van der Waals surface area contributed by atoms with E-state index in [-0.39, 0.29) is 16.5 Å². The molecule has 1 N–H and O–H groups in total. The van der Waals surface area contributed by atoms with E-state index in [9.17, 15) is 19.1 Å². The van der Waals surface area contributed by atoms with Gasteiger partial charge >= 0.3 is 5.91 Å². The van der Waals surface area contributed by atoms with Gasteiger partial charge in [-0.1, -0.05) is 72.0 Å². The van der Waals surface area contributed by atoms with E-state index >= 15 is 0 Å². The van der Waals surface area contributed by atoms with E-state index in [1.165, 1.54) is 23.1 Å². The van der Waals surface area contributed by atoms with Crippen molar-refractivity contribution in [3.8, 4) is 11.5 Å². The predicted octanol–water partition coefficient (Wildman–Crippen LogP) is 6.85. The van der Waals surface area contributed by atoms with Crippen LogP contribution in [-0.4, -0.2) is 21.8 Å². The standard InChI is InChI=1S/C30H19FN2O4S/c31-20-14-15-23-24(17-20)38-30(32-23)33-26(19-10-7-13-22(16-19)37-21-11-5-2-6-12-21)25(28(35)29(33)36)27(34)18-8-3-1-4-9-18/h1-17,26,34H. The van der Waals surface area contributed by atoms with Crippen molar-refractivity contribution in [2.75, 3.05) is 4.90 Å². The summed E-state index contributed by atoms with van der Waals surface area (Å²) < 4.78 is 20.4. The third kappa shape index (κ3) is 4.21. The van der Waals surface area contributed by atoms with Crippen molar-refractivity contribution in [1.82, 2.24) is 4.98 Å². The van der Waals surface area contributed by atoms with Gasteiger partial charge in [0.2, 0.25) is 0 Å². The van der Waals surface area contributed by atoms with Crippen molar-refractivity contribution in [2.24, 2.45) is 0 Å². The normalized spacial score (nSPS) is 16.8. The molecule has 186 valence electrons. The summed E-state index contributed by atoms with van der Waals surface area (Å²) in [6.45, 7) is 0. The molecular formula is C30H19FN2O4S. The van der Waals surface area contributed by atoms with Gasteiger partial charge in [0, 0.05) is 5.56 Å². The first kappa shape index (κ1) is 23.6. The van der Waals surface area contributed by atoms with Crippen molar-refractivity contribution in [3.05, 3.63) is 126 Å². The number of anilines is 1. The lowest BCUT2D eigenvalue weighted by Gasteiger charge is -2.23. The fraction of sp³-hybridized carbons (Fsp3) is 0.0333. The van der Waals surface area contributed by atoms with Crippen molar-refractivity contribution < 1.29 is 23.8 Å². The Morgan fingerprint density at radius 2 is 1.58 bits per heavy atom. The number of carbonyl (C=O) groups excluding carboxylic acids is 2. The molecule has 1 amide bonds. The van der Waals surface area contributed by atoms with E-state index in [2.05, 4.69) is 4.98 Å². The van der Waals surface area contributed by atoms with Crippen LogP contribution in [0.4, 0.5) is 9.52 Å². The van der Waals surface area contributed by atoms with Gasteiger partial charge in [0.25, 0.3) is 5.78 Å². The van der Waals surface area contributed by atoms with Crippen LogP contribution in [-0.2, 0) is 9.59 Å². The highest BCUT2D eigenvalue weighted by Gasteiger charge is 2.48. The summed E-state index contributed by atoms with van der Waals surface area (Å²) in [6.07, 6.45) is 0. The van der Waals surface area contributed by atoms with Crippen molar-refractivity contribution >= 4 is 44.1 Å². The lowest BCUT2D eigenvalue weighted by Crippen LogP contribution is -2.29. The first-order valence-corrected chi connectivity index (χ1v) is 12.6. The van der Waals surface area contributed by atoms with Gasteiger partial charge in [-0.05, 0) is 48.0 Å². The number of amides is 1. The molecule has 1 unspecified atom stereocenters. The van der Waals surface area contributed by atoms with Crippen molar-refractivity contribution in [3.63, 3.8) is 0 Å². The molecule has 4 aromatic carbocycles. The molecular weight excluding hydrogens is 503 g/mol. The first-order valence-electron chi connectivity index (χ1n) is 11.7. The Morgan fingerprint density at radius 3 is 2.34 bits per heavy atom. The maximum absolute atomic E-state index is 13.9. The number of para-hydroxylation sites is 1. The van der Waals surface area contributed by atoms with Gasteiger partial charge in [0.05, 0.1) is 21.8 Å². The van der Waals surface area contributed by atoms with Crippen molar-refractivity contribution in [2.45, 2.75) is 6.04 Å². The van der Waals surface area contributed by atoms with Crippen LogP contribution < -0.4 is 9.64 Å². The van der Waals surface area contributed by atoms with Gasteiger partial charge in [-0.2, -0.15) is 0 Å². The second kappa shape index (κ2) is 9.57. The molecule has 6 nitrogen and oxygen atoms in total. The van der Waals surface area contributed by atoms with E-state index in [1.54, 1.807) is 54.6 Å². The molecule has 38 heavy (non-hydrogen) atoms. The number of rotatable bonds is 5. The number of ketones is 1. The number of fused-ring (bicyclic) bond motifs is 1. The highest BCUT2D eigenvalue weighted by Crippen LogP contribution is 2.45. The number of hydrogen-bond acceptors (Lipinski definition) is 6. The van der Waals surface area contributed by atoms with Crippen LogP contribution in [0, 0.1) is 5.82 Å². The van der Waals surface area contributed by atoms with Gasteiger partial charge in [-0.15, -0.1) is 0 Å². The second-order valence-electron chi connectivity index (χ2n) is 8.63. The number of thiazole rings is 1. The van der Waals surface area contributed by atoms with Gasteiger partial charge in [0.15, 0.2) is 5.13 Å². The Labute approximate surface area is 220 Å². The van der Waals surface area contributed by atoms with E-state index in [0.29, 0.717) is 32.8 Å². The number of aliphatic hydroxyl groups is 1. The number of Topliss-reactive ketones (excluding diaryl/α,β-unsaturated/α-hetero) is 1. The summed E-state index contributed by atoms with van der Waals surface area (Å²) >= 11 is 1.10. The van der Waals surface area contributed by atoms with Crippen LogP contribution >= 0.6 is 11.3 Å². The number of halogens is 1. The van der Waals surface area contributed by atoms with Gasteiger partial charge < -0.3 is 9.84 Å². The van der Waals surface area contributed by atoms with Gasteiger partial charge in [-0.3, -0.25) is 14.5 Å². The van der Waals surface area contributed by atoms with Gasteiger partial charge in [0.1, 0.15) is 23.1 Å². The van der Waals surface area contributed by atoms with Crippen LogP contribution in [0.15, 0.2) is 109 Å². The zero-order valence-corrected chi connectivity index (χ0v) is 20.6. The van der Waals surface area contributed by atoms with E-state index in [4.69, 9.17) is 4.74 Å². The van der Waals surface area contributed by atoms with E-state index in [0.717, 1.165) is 11.3 Å². The summed E-state index contributed by atoms with van der Waals surface area (Å²) in [7, 11) is 0. The Kier molecular flexibility index (Phi) is 5.94. The SMILES string of the molecule is O=C1C(=O)N(c2nc3ccc(F)cc3s2)C(c2cccc(Oc3ccccc3)c2)C1=C(O)c1ccccc1. The molecule has 0 radical (unpaired) electrons. The maximum atomic E-state index is 13.9. The quantitative estimate of drug-likeness (QED) is 0.155. The first-order chi connectivity index (χ1) is 18.5. The fourth-order valence-electron chi connectivity index (χ4n) is 4.46. The molecule has 2 heterocycles. The molecule has 0 bridgehead atoms. The number of carbonyl (C=O) groups is 2. The summed E-state index contributed by atoms with van der Waals surface area (Å²) in [4.78, 5) is 32.6. The smallest absolute Gasteiger partial charge is 0.301 e. The highest BCUT2D eigenvalue weighted by molar-refractivity contribution is 7.22. The van der Waals surface area contributed by atoms with E-state index < -0.39 is 23.5 Å². The summed E-state index contributed by atoms with van der Waals surface area (Å²) in [5.74, 6) is -1.28. The van der Waals surface area contributed by atoms with Gasteiger partial charge in [-0.25, -0.2) is 9.37 Å². The second-order valence-corrected chi connectivity index (χ2v) is 9.64. The largest absolute Gasteiger partial charge is 0.507 e. The lowest BCUT2D eigenvalue weighted by atomic mass is 9.95. The molecule has 0 saturated carbocycles. The van der Waals surface area contributed by atoms with Crippen LogP contribution in [0.1, 0.15) is 17.2 Å². The molecule has 5 aromatic rings. The Bertz CT molecular complexity index is 1720. The number of nitrogens with zero attached hydrogens (tertiary/aromatic N) is 2. The zero-order chi connectivity index (χ0) is 26.2. The highest BCUT2D eigenvalue weighted by atomic mass is 32.1.